The summed E-state index contributed by atoms with van der Waals surface area (Å²) in [4.78, 5) is 12.0. The van der Waals surface area contributed by atoms with Gasteiger partial charge in [0.15, 0.2) is 0 Å². The maximum atomic E-state index is 12.0. The van der Waals surface area contributed by atoms with E-state index in [1.807, 2.05) is 35.0 Å². The second kappa shape index (κ2) is 6.04. The van der Waals surface area contributed by atoms with Crippen LogP contribution in [0.5, 0.6) is 0 Å². The average Bonchev–Trinajstić information content (AvgIpc) is 2.90. The number of benzene rings is 1. The second-order valence-corrected chi connectivity index (χ2v) is 5.63. The van der Waals surface area contributed by atoms with Crippen molar-refractivity contribution in [2.24, 2.45) is 0 Å². The van der Waals surface area contributed by atoms with Crippen molar-refractivity contribution in [2.45, 2.75) is 6.61 Å². The van der Waals surface area contributed by atoms with Crippen LogP contribution in [0.15, 0.2) is 59.3 Å². The van der Waals surface area contributed by atoms with Crippen molar-refractivity contribution in [1.29, 1.82) is 5.26 Å². The van der Waals surface area contributed by atoms with Crippen LogP contribution >= 0.6 is 15.9 Å². The number of pyridine rings is 1. The normalized spacial score (nSPS) is 10.4. The SMILES string of the molecule is N#Cc1c(COC(=O)c2ccc(Br)cc2)cn2ccccc12. The summed E-state index contributed by atoms with van der Waals surface area (Å²) in [6, 6.07) is 14.7. The number of nitriles is 1. The zero-order valence-corrected chi connectivity index (χ0v) is 13.1. The van der Waals surface area contributed by atoms with Crippen molar-refractivity contribution >= 4 is 27.4 Å². The Balaban J connectivity index is 1.81. The minimum atomic E-state index is -0.411. The highest BCUT2D eigenvalue weighted by Crippen LogP contribution is 2.19. The third-order valence-electron chi connectivity index (χ3n) is 3.31. The molecule has 0 bridgehead atoms. The lowest BCUT2D eigenvalue weighted by Crippen LogP contribution is -2.05. The van der Waals surface area contributed by atoms with Gasteiger partial charge in [-0.3, -0.25) is 0 Å². The molecule has 0 spiro atoms. The van der Waals surface area contributed by atoms with Gasteiger partial charge in [-0.25, -0.2) is 4.79 Å². The zero-order valence-electron chi connectivity index (χ0n) is 11.5. The smallest absolute Gasteiger partial charge is 0.338 e. The second-order valence-electron chi connectivity index (χ2n) is 4.72. The van der Waals surface area contributed by atoms with Crippen LogP contribution in [0.3, 0.4) is 0 Å². The number of aromatic nitrogens is 1. The molecular weight excluding hydrogens is 344 g/mol. The van der Waals surface area contributed by atoms with Gasteiger partial charge < -0.3 is 9.14 Å². The fourth-order valence-corrected chi connectivity index (χ4v) is 2.49. The van der Waals surface area contributed by atoms with Crippen molar-refractivity contribution in [3.63, 3.8) is 0 Å². The summed E-state index contributed by atoms with van der Waals surface area (Å²) in [6.07, 6.45) is 3.67. The summed E-state index contributed by atoms with van der Waals surface area (Å²) < 4.78 is 8.05. The summed E-state index contributed by atoms with van der Waals surface area (Å²) in [6.45, 7) is 0.0689. The Morgan fingerprint density at radius 2 is 2.00 bits per heavy atom. The molecule has 0 atom stereocenters. The molecule has 0 aliphatic heterocycles. The molecule has 0 aliphatic carbocycles. The summed E-state index contributed by atoms with van der Waals surface area (Å²) in [5.41, 5.74) is 2.51. The molecular formula is C17H11BrN2O2. The molecule has 0 saturated carbocycles. The van der Waals surface area contributed by atoms with E-state index in [1.54, 1.807) is 24.3 Å². The Labute approximate surface area is 135 Å². The molecule has 0 amide bonds. The van der Waals surface area contributed by atoms with Gasteiger partial charge in [0.1, 0.15) is 12.7 Å². The predicted octanol–water partition coefficient (Wildman–Crippen LogP) is 3.93. The standard InChI is InChI=1S/C17H11BrN2O2/c18-14-6-4-12(5-7-14)17(21)22-11-13-10-20-8-2-1-3-16(20)15(13)9-19/h1-8,10H,11H2. The van der Waals surface area contributed by atoms with E-state index in [-0.39, 0.29) is 6.61 Å². The molecule has 0 fully saturated rings. The Bertz CT molecular complexity index is 876. The van der Waals surface area contributed by atoms with E-state index in [2.05, 4.69) is 22.0 Å². The van der Waals surface area contributed by atoms with Crippen molar-refractivity contribution < 1.29 is 9.53 Å². The van der Waals surface area contributed by atoms with Crippen LogP contribution in [-0.2, 0) is 11.3 Å². The molecule has 2 aromatic heterocycles. The first-order valence-corrected chi connectivity index (χ1v) is 7.39. The van der Waals surface area contributed by atoms with Crippen molar-refractivity contribution in [3.05, 3.63) is 76.0 Å². The number of fused-ring (bicyclic) bond motifs is 1. The van der Waals surface area contributed by atoms with Crippen LogP contribution in [0.25, 0.3) is 5.52 Å². The number of carbonyl (C=O) groups is 1. The Kier molecular flexibility index (Phi) is 3.94. The highest BCUT2D eigenvalue weighted by Gasteiger charge is 2.13. The van der Waals surface area contributed by atoms with E-state index in [0.717, 1.165) is 9.99 Å². The third kappa shape index (κ3) is 2.74. The third-order valence-corrected chi connectivity index (χ3v) is 3.84. The van der Waals surface area contributed by atoms with Gasteiger partial charge in [-0.15, -0.1) is 0 Å². The number of esters is 1. The fourth-order valence-electron chi connectivity index (χ4n) is 2.23. The number of carbonyl (C=O) groups excluding carboxylic acids is 1. The number of hydrogen-bond donors (Lipinski definition) is 0. The number of rotatable bonds is 3. The number of nitrogens with zero attached hydrogens (tertiary/aromatic N) is 2. The molecule has 0 N–H and O–H groups in total. The first kappa shape index (κ1) is 14.4. The Morgan fingerprint density at radius 1 is 1.23 bits per heavy atom. The molecule has 5 heteroatoms. The van der Waals surface area contributed by atoms with Gasteiger partial charge in [-0.05, 0) is 36.4 Å². The average molecular weight is 355 g/mol. The van der Waals surface area contributed by atoms with Crippen LogP contribution in [0.4, 0.5) is 0 Å². The molecule has 0 aliphatic rings. The van der Waals surface area contributed by atoms with Crippen LogP contribution in [-0.4, -0.2) is 10.4 Å². The van der Waals surface area contributed by atoms with Crippen LogP contribution < -0.4 is 0 Å². The fraction of sp³-hybridized carbons (Fsp3) is 0.0588. The van der Waals surface area contributed by atoms with Gasteiger partial charge in [-0.1, -0.05) is 22.0 Å². The van der Waals surface area contributed by atoms with Gasteiger partial charge in [-0.2, -0.15) is 5.26 Å². The highest BCUT2D eigenvalue weighted by molar-refractivity contribution is 9.10. The van der Waals surface area contributed by atoms with E-state index in [9.17, 15) is 10.1 Å². The molecule has 108 valence electrons. The van der Waals surface area contributed by atoms with E-state index < -0.39 is 5.97 Å². The van der Waals surface area contributed by atoms with Crippen LogP contribution in [0.2, 0.25) is 0 Å². The van der Waals surface area contributed by atoms with Gasteiger partial charge >= 0.3 is 5.97 Å². The van der Waals surface area contributed by atoms with E-state index in [1.165, 1.54) is 0 Å². The maximum Gasteiger partial charge on any atom is 0.338 e. The monoisotopic (exact) mass is 354 g/mol. The number of ether oxygens (including phenoxy) is 1. The van der Waals surface area contributed by atoms with E-state index in [0.29, 0.717) is 16.7 Å². The molecule has 1 aromatic carbocycles. The molecule has 0 radical (unpaired) electrons. The molecule has 3 aromatic rings. The van der Waals surface area contributed by atoms with Gasteiger partial charge in [0, 0.05) is 22.4 Å². The summed E-state index contributed by atoms with van der Waals surface area (Å²) >= 11 is 3.32. The Hall–Kier alpha value is -2.58. The molecule has 3 rings (SSSR count). The van der Waals surface area contributed by atoms with E-state index in [4.69, 9.17) is 4.74 Å². The largest absolute Gasteiger partial charge is 0.457 e. The summed E-state index contributed by atoms with van der Waals surface area (Å²) in [5.74, 6) is -0.411. The first-order chi connectivity index (χ1) is 10.7. The lowest BCUT2D eigenvalue weighted by atomic mass is 10.2. The van der Waals surface area contributed by atoms with Crippen LogP contribution in [0.1, 0.15) is 21.5 Å². The van der Waals surface area contributed by atoms with E-state index >= 15 is 0 Å². The quantitative estimate of drug-likeness (QED) is 0.669. The minimum Gasteiger partial charge on any atom is -0.457 e. The maximum absolute atomic E-state index is 12.0. The van der Waals surface area contributed by atoms with Crippen molar-refractivity contribution in [1.82, 2.24) is 4.40 Å². The van der Waals surface area contributed by atoms with Crippen molar-refractivity contribution in [3.8, 4) is 6.07 Å². The van der Waals surface area contributed by atoms with Crippen LogP contribution in [0, 0.1) is 11.3 Å². The molecule has 0 unspecified atom stereocenters. The lowest BCUT2D eigenvalue weighted by molar-refractivity contribution is 0.0472. The van der Waals surface area contributed by atoms with Gasteiger partial charge in [0.05, 0.1) is 16.6 Å². The first-order valence-electron chi connectivity index (χ1n) is 6.60. The molecule has 4 nitrogen and oxygen atoms in total. The highest BCUT2D eigenvalue weighted by atomic mass is 79.9. The minimum absolute atomic E-state index is 0.0689. The predicted molar refractivity (Wildman–Crippen MR) is 85.4 cm³/mol. The van der Waals surface area contributed by atoms with Crippen molar-refractivity contribution in [2.75, 3.05) is 0 Å². The topological polar surface area (TPSA) is 54.5 Å². The van der Waals surface area contributed by atoms with Gasteiger partial charge in [0.25, 0.3) is 0 Å². The molecule has 0 saturated heterocycles. The molecule has 22 heavy (non-hydrogen) atoms. The zero-order chi connectivity index (χ0) is 15.5. The van der Waals surface area contributed by atoms with Gasteiger partial charge in [0.2, 0.25) is 0 Å². The number of halogens is 1. The number of hydrogen-bond acceptors (Lipinski definition) is 3. The lowest BCUT2D eigenvalue weighted by Gasteiger charge is -2.04. The Morgan fingerprint density at radius 3 is 2.73 bits per heavy atom. The molecule has 2 heterocycles. The summed E-state index contributed by atoms with van der Waals surface area (Å²) in [5, 5.41) is 9.31. The summed E-state index contributed by atoms with van der Waals surface area (Å²) in [7, 11) is 0.